The Morgan fingerprint density at radius 2 is 2.08 bits per heavy atom. The van der Waals surface area contributed by atoms with Crippen LogP contribution in [0.4, 0.5) is 0 Å². The molecule has 1 aromatic carbocycles. The minimum absolute atomic E-state index is 0. The standard InChI is InChI=1S/C19H23N5S.HI/c1-15(18-8-5-11-25-18)12-22-19(20-2)23-13-16-6-3-4-7-17(16)24-10-9-21-14-24;/h3-11,14-15H,12-13H2,1-2H3,(H2,20,22,23);1H. The van der Waals surface area contributed by atoms with Crippen molar-refractivity contribution >= 4 is 41.3 Å². The van der Waals surface area contributed by atoms with Gasteiger partial charge in [0.25, 0.3) is 0 Å². The molecule has 1 unspecified atom stereocenters. The van der Waals surface area contributed by atoms with E-state index in [1.807, 2.05) is 29.2 Å². The topological polar surface area (TPSA) is 54.2 Å². The van der Waals surface area contributed by atoms with Crippen LogP contribution in [0.25, 0.3) is 5.69 Å². The smallest absolute Gasteiger partial charge is 0.191 e. The van der Waals surface area contributed by atoms with Gasteiger partial charge in [-0.15, -0.1) is 35.3 Å². The first-order chi connectivity index (χ1) is 12.3. The van der Waals surface area contributed by atoms with E-state index in [0.717, 1.165) is 18.2 Å². The van der Waals surface area contributed by atoms with Crippen molar-refractivity contribution in [3.05, 3.63) is 70.9 Å². The molecule has 3 aromatic rings. The summed E-state index contributed by atoms with van der Waals surface area (Å²) in [5.41, 5.74) is 2.31. The van der Waals surface area contributed by atoms with Gasteiger partial charge in [-0.25, -0.2) is 4.98 Å². The number of hydrogen-bond donors (Lipinski definition) is 2. The summed E-state index contributed by atoms with van der Waals surface area (Å²) in [4.78, 5) is 9.84. The van der Waals surface area contributed by atoms with Crippen LogP contribution in [0.3, 0.4) is 0 Å². The first-order valence-electron chi connectivity index (χ1n) is 8.32. The summed E-state index contributed by atoms with van der Waals surface area (Å²) >= 11 is 1.79. The third-order valence-electron chi connectivity index (χ3n) is 4.05. The van der Waals surface area contributed by atoms with Crippen molar-refractivity contribution in [3.63, 3.8) is 0 Å². The Balaban J connectivity index is 0.00000243. The number of benzene rings is 1. The highest BCUT2D eigenvalue weighted by Gasteiger charge is 2.08. The quantitative estimate of drug-likeness (QED) is 0.318. The van der Waals surface area contributed by atoms with Gasteiger partial charge in [0.05, 0.1) is 12.0 Å². The molecule has 2 N–H and O–H groups in total. The van der Waals surface area contributed by atoms with Crippen LogP contribution in [-0.4, -0.2) is 29.1 Å². The maximum absolute atomic E-state index is 4.33. The molecule has 1 atom stereocenters. The number of hydrogen-bond acceptors (Lipinski definition) is 3. The SMILES string of the molecule is CN=C(NCc1ccccc1-n1ccnc1)NCC(C)c1cccs1.I. The van der Waals surface area contributed by atoms with E-state index in [0.29, 0.717) is 12.5 Å². The molecule has 26 heavy (non-hydrogen) atoms. The normalized spacial score (nSPS) is 12.3. The fourth-order valence-corrected chi connectivity index (χ4v) is 3.42. The zero-order chi connectivity index (χ0) is 17.5. The average molecular weight is 481 g/mol. The van der Waals surface area contributed by atoms with Crippen LogP contribution in [0.15, 0.2) is 65.5 Å². The molecule has 3 rings (SSSR count). The number of aromatic nitrogens is 2. The van der Waals surface area contributed by atoms with E-state index in [2.05, 4.69) is 57.2 Å². The molecule has 0 aliphatic carbocycles. The van der Waals surface area contributed by atoms with E-state index in [1.54, 1.807) is 24.6 Å². The van der Waals surface area contributed by atoms with Gasteiger partial charge < -0.3 is 15.2 Å². The number of nitrogens with one attached hydrogen (secondary N) is 2. The number of guanidine groups is 1. The number of thiophene rings is 1. The van der Waals surface area contributed by atoms with Crippen LogP contribution < -0.4 is 10.6 Å². The van der Waals surface area contributed by atoms with E-state index >= 15 is 0 Å². The fraction of sp³-hybridized carbons (Fsp3) is 0.263. The van der Waals surface area contributed by atoms with Gasteiger partial charge in [-0.2, -0.15) is 0 Å². The monoisotopic (exact) mass is 481 g/mol. The van der Waals surface area contributed by atoms with Crippen molar-refractivity contribution in [1.29, 1.82) is 0 Å². The summed E-state index contributed by atoms with van der Waals surface area (Å²) in [7, 11) is 1.80. The highest BCUT2D eigenvalue weighted by molar-refractivity contribution is 14.0. The van der Waals surface area contributed by atoms with E-state index < -0.39 is 0 Å². The van der Waals surface area contributed by atoms with Crippen molar-refractivity contribution < 1.29 is 0 Å². The van der Waals surface area contributed by atoms with Crippen molar-refractivity contribution in [2.75, 3.05) is 13.6 Å². The largest absolute Gasteiger partial charge is 0.356 e. The Kier molecular flexibility index (Phi) is 8.11. The maximum atomic E-state index is 4.33. The van der Waals surface area contributed by atoms with Gasteiger partial charge in [0.15, 0.2) is 5.96 Å². The molecule has 0 bridgehead atoms. The highest BCUT2D eigenvalue weighted by Crippen LogP contribution is 2.19. The Bertz CT molecular complexity index is 799. The molecule has 7 heteroatoms. The molecular weight excluding hydrogens is 457 g/mol. The van der Waals surface area contributed by atoms with Crippen LogP contribution >= 0.6 is 35.3 Å². The maximum Gasteiger partial charge on any atom is 0.191 e. The van der Waals surface area contributed by atoms with Gasteiger partial charge in [-0.1, -0.05) is 31.2 Å². The van der Waals surface area contributed by atoms with Crippen LogP contribution in [-0.2, 0) is 6.54 Å². The summed E-state index contributed by atoms with van der Waals surface area (Å²) in [5.74, 6) is 1.26. The summed E-state index contributed by atoms with van der Waals surface area (Å²) in [6.45, 7) is 3.77. The predicted octanol–water partition coefficient (Wildman–Crippen LogP) is 4.02. The van der Waals surface area contributed by atoms with Gasteiger partial charge in [-0.3, -0.25) is 4.99 Å². The Hall–Kier alpha value is -1.87. The van der Waals surface area contributed by atoms with Crippen LogP contribution in [0.2, 0.25) is 0 Å². The summed E-state index contributed by atoms with van der Waals surface area (Å²) in [5, 5.41) is 8.92. The molecule has 2 heterocycles. The summed E-state index contributed by atoms with van der Waals surface area (Å²) in [6, 6.07) is 12.6. The van der Waals surface area contributed by atoms with Crippen molar-refractivity contribution in [2.24, 2.45) is 4.99 Å². The lowest BCUT2D eigenvalue weighted by molar-refractivity contribution is 0.708. The van der Waals surface area contributed by atoms with Gasteiger partial charge in [0, 0.05) is 43.3 Å². The third kappa shape index (κ3) is 5.31. The molecule has 5 nitrogen and oxygen atoms in total. The molecule has 138 valence electrons. The second-order valence-electron chi connectivity index (χ2n) is 5.82. The van der Waals surface area contributed by atoms with Crippen LogP contribution in [0.5, 0.6) is 0 Å². The number of nitrogens with zero attached hydrogens (tertiary/aromatic N) is 3. The minimum Gasteiger partial charge on any atom is -0.356 e. The molecule has 0 saturated heterocycles. The van der Waals surface area contributed by atoms with Crippen molar-refractivity contribution in [1.82, 2.24) is 20.2 Å². The Morgan fingerprint density at radius 1 is 1.23 bits per heavy atom. The number of para-hydroxylation sites is 1. The molecule has 0 aliphatic rings. The number of aliphatic imine (C=N–C) groups is 1. The number of rotatable bonds is 6. The fourth-order valence-electron chi connectivity index (χ4n) is 2.64. The summed E-state index contributed by atoms with van der Waals surface area (Å²) < 4.78 is 2.02. The Labute approximate surface area is 175 Å². The molecule has 0 fully saturated rings. The highest BCUT2D eigenvalue weighted by atomic mass is 127. The lowest BCUT2D eigenvalue weighted by Gasteiger charge is -2.16. The van der Waals surface area contributed by atoms with E-state index in [9.17, 15) is 0 Å². The lowest BCUT2D eigenvalue weighted by Crippen LogP contribution is -2.38. The van der Waals surface area contributed by atoms with E-state index in [1.165, 1.54) is 10.4 Å². The van der Waals surface area contributed by atoms with E-state index in [-0.39, 0.29) is 24.0 Å². The first-order valence-corrected chi connectivity index (χ1v) is 9.20. The molecule has 0 spiro atoms. The first kappa shape index (κ1) is 20.4. The predicted molar refractivity (Wildman–Crippen MR) is 120 cm³/mol. The molecule has 2 aromatic heterocycles. The number of imidazole rings is 1. The van der Waals surface area contributed by atoms with Gasteiger partial charge in [-0.05, 0) is 23.1 Å². The third-order valence-corrected chi connectivity index (χ3v) is 5.15. The number of halogens is 1. The van der Waals surface area contributed by atoms with Gasteiger partial charge in [0.1, 0.15) is 0 Å². The second kappa shape index (κ2) is 10.3. The molecule has 0 aliphatic heterocycles. The summed E-state index contributed by atoms with van der Waals surface area (Å²) in [6.07, 6.45) is 5.56. The molecule has 0 saturated carbocycles. The van der Waals surface area contributed by atoms with Gasteiger partial charge >= 0.3 is 0 Å². The zero-order valence-corrected chi connectivity index (χ0v) is 18.1. The molecular formula is C19H24IN5S. The molecule has 0 amide bonds. The minimum atomic E-state index is 0. The van der Waals surface area contributed by atoms with Crippen molar-refractivity contribution in [3.8, 4) is 5.69 Å². The Morgan fingerprint density at radius 3 is 2.77 bits per heavy atom. The molecule has 0 radical (unpaired) electrons. The lowest BCUT2D eigenvalue weighted by atomic mass is 10.1. The van der Waals surface area contributed by atoms with E-state index in [4.69, 9.17) is 0 Å². The van der Waals surface area contributed by atoms with Crippen LogP contribution in [0, 0.1) is 0 Å². The second-order valence-corrected chi connectivity index (χ2v) is 6.80. The van der Waals surface area contributed by atoms with Crippen LogP contribution in [0.1, 0.15) is 23.3 Å². The van der Waals surface area contributed by atoms with Gasteiger partial charge in [0.2, 0.25) is 0 Å². The van der Waals surface area contributed by atoms with Crippen molar-refractivity contribution in [2.45, 2.75) is 19.4 Å². The average Bonchev–Trinajstić information content (AvgIpc) is 3.35. The zero-order valence-electron chi connectivity index (χ0n) is 14.9.